The van der Waals surface area contributed by atoms with Crippen LogP contribution in [0.5, 0.6) is 17.2 Å². The van der Waals surface area contributed by atoms with E-state index in [2.05, 4.69) is 0 Å². The van der Waals surface area contributed by atoms with Crippen molar-refractivity contribution in [3.8, 4) is 28.4 Å². The van der Waals surface area contributed by atoms with Crippen LogP contribution in [0.4, 0.5) is 4.79 Å². The van der Waals surface area contributed by atoms with E-state index in [4.69, 9.17) is 18.6 Å². The van der Waals surface area contributed by atoms with Crippen molar-refractivity contribution < 1.29 is 23.4 Å². The van der Waals surface area contributed by atoms with Crippen LogP contribution in [0.1, 0.15) is 5.56 Å². The highest BCUT2D eigenvalue weighted by molar-refractivity contribution is 5.88. The first-order chi connectivity index (χ1) is 13.3. The number of hydrogen-bond acceptors (Lipinski definition) is 6. The summed E-state index contributed by atoms with van der Waals surface area (Å²) in [5, 5.41) is 0.744. The van der Waals surface area contributed by atoms with E-state index in [-0.39, 0.29) is 0 Å². The molecule has 3 aromatic rings. The number of benzene rings is 2. The molecular formula is C21H21NO6. The molecule has 0 saturated carbocycles. The van der Waals surface area contributed by atoms with Gasteiger partial charge in [0.15, 0.2) is 11.5 Å². The molecule has 1 amide bonds. The van der Waals surface area contributed by atoms with Gasteiger partial charge in [0.1, 0.15) is 11.3 Å². The van der Waals surface area contributed by atoms with Crippen LogP contribution in [-0.2, 0) is 0 Å². The van der Waals surface area contributed by atoms with Crippen LogP contribution in [0.15, 0.2) is 45.6 Å². The first-order valence-electron chi connectivity index (χ1n) is 8.54. The second kappa shape index (κ2) is 7.64. The van der Waals surface area contributed by atoms with Gasteiger partial charge < -0.3 is 23.5 Å². The number of amides is 1. The third-order valence-corrected chi connectivity index (χ3v) is 4.38. The monoisotopic (exact) mass is 383 g/mol. The van der Waals surface area contributed by atoms with E-state index >= 15 is 0 Å². The largest absolute Gasteiger partial charge is 0.493 e. The van der Waals surface area contributed by atoms with E-state index < -0.39 is 11.7 Å². The number of hydrogen-bond donors (Lipinski definition) is 0. The predicted molar refractivity (Wildman–Crippen MR) is 105 cm³/mol. The summed E-state index contributed by atoms with van der Waals surface area (Å²) in [5.74, 6) is 1.39. The fourth-order valence-corrected chi connectivity index (χ4v) is 2.92. The van der Waals surface area contributed by atoms with Gasteiger partial charge in [0.05, 0.1) is 19.8 Å². The van der Waals surface area contributed by atoms with E-state index in [1.165, 1.54) is 18.1 Å². The van der Waals surface area contributed by atoms with Gasteiger partial charge in [-0.05, 0) is 42.3 Å². The van der Waals surface area contributed by atoms with Crippen LogP contribution < -0.4 is 19.8 Å². The molecule has 0 N–H and O–H groups in total. The summed E-state index contributed by atoms with van der Waals surface area (Å²) in [5.41, 5.74) is 1.70. The van der Waals surface area contributed by atoms with Gasteiger partial charge in [0, 0.05) is 25.5 Å². The third-order valence-electron chi connectivity index (χ3n) is 4.38. The Morgan fingerprint density at radius 1 is 1.00 bits per heavy atom. The number of methoxy groups -OCH3 is 2. The lowest BCUT2D eigenvalue weighted by atomic mass is 9.99. The molecule has 0 unspecified atom stereocenters. The zero-order valence-corrected chi connectivity index (χ0v) is 16.4. The number of fused-ring (bicyclic) bond motifs is 1. The maximum Gasteiger partial charge on any atom is 0.414 e. The first-order valence-corrected chi connectivity index (χ1v) is 8.54. The Hall–Kier alpha value is -3.48. The van der Waals surface area contributed by atoms with Gasteiger partial charge in [-0.3, -0.25) is 0 Å². The minimum atomic E-state index is -0.514. The average molecular weight is 383 g/mol. The lowest BCUT2D eigenvalue weighted by Crippen LogP contribution is -2.25. The molecule has 146 valence electrons. The third kappa shape index (κ3) is 3.51. The summed E-state index contributed by atoms with van der Waals surface area (Å²) in [6.45, 7) is 1.84. The Kier molecular flexibility index (Phi) is 5.26. The van der Waals surface area contributed by atoms with Gasteiger partial charge in [-0.1, -0.05) is 6.07 Å². The van der Waals surface area contributed by atoms with Gasteiger partial charge in [-0.25, -0.2) is 9.59 Å². The molecule has 7 nitrogen and oxygen atoms in total. The van der Waals surface area contributed by atoms with Crippen molar-refractivity contribution in [3.05, 3.63) is 52.4 Å². The van der Waals surface area contributed by atoms with Crippen molar-refractivity contribution in [2.75, 3.05) is 28.3 Å². The first kappa shape index (κ1) is 19.3. The van der Waals surface area contributed by atoms with Crippen molar-refractivity contribution in [2.24, 2.45) is 0 Å². The smallest absolute Gasteiger partial charge is 0.414 e. The van der Waals surface area contributed by atoms with Crippen molar-refractivity contribution in [2.45, 2.75) is 6.92 Å². The molecule has 0 bridgehead atoms. The van der Waals surface area contributed by atoms with Crippen molar-refractivity contribution in [3.63, 3.8) is 0 Å². The molecule has 0 spiro atoms. The molecular weight excluding hydrogens is 362 g/mol. The van der Waals surface area contributed by atoms with E-state index in [0.717, 1.165) is 10.9 Å². The summed E-state index contributed by atoms with van der Waals surface area (Å²) >= 11 is 0. The number of carbonyl (C=O) groups excluding carboxylic acids is 1. The Bertz CT molecular complexity index is 1100. The highest BCUT2D eigenvalue weighted by atomic mass is 16.6. The summed E-state index contributed by atoms with van der Waals surface area (Å²) in [7, 11) is 6.26. The SMILES string of the molecule is COc1ccc(-c2c(C)c3ccc(OC(=O)N(C)C)cc3oc2=O)cc1OC. The lowest BCUT2D eigenvalue weighted by molar-refractivity contribution is 0.172. The van der Waals surface area contributed by atoms with E-state index in [1.807, 2.05) is 6.92 Å². The molecule has 28 heavy (non-hydrogen) atoms. The van der Waals surface area contributed by atoms with Crippen molar-refractivity contribution in [1.82, 2.24) is 4.90 Å². The molecule has 0 aliphatic carbocycles. The molecule has 0 aliphatic rings. The molecule has 0 fully saturated rings. The predicted octanol–water partition coefficient (Wildman–Crippen LogP) is 3.85. The average Bonchev–Trinajstić information content (AvgIpc) is 2.67. The molecule has 2 aromatic carbocycles. The minimum absolute atomic E-state index is 0.299. The quantitative estimate of drug-likeness (QED) is 0.637. The van der Waals surface area contributed by atoms with Crippen molar-refractivity contribution in [1.29, 1.82) is 0 Å². The van der Waals surface area contributed by atoms with Crippen LogP contribution >= 0.6 is 0 Å². The summed E-state index contributed by atoms with van der Waals surface area (Å²) in [6.07, 6.45) is -0.514. The van der Waals surface area contributed by atoms with Crippen LogP contribution in [0.2, 0.25) is 0 Å². The zero-order valence-electron chi connectivity index (χ0n) is 16.4. The number of nitrogens with zero attached hydrogens (tertiary/aromatic N) is 1. The second-order valence-corrected chi connectivity index (χ2v) is 6.38. The number of aryl methyl sites for hydroxylation is 1. The Labute approximate surface area is 162 Å². The molecule has 1 heterocycles. The van der Waals surface area contributed by atoms with Crippen LogP contribution in [0.3, 0.4) is 0 Å². The number of carbonyl (C=O) groups is 1. The lowest BCUT2D eigenvalue weighted by Gasteiger charge is -2.13. The highest BCUT2D eigenvalue weighted by Crippen LogP contribution is 2.34. The fourth-order valence-electron chi connectivity index (χ4n) is 2.92. The maximum atomic E-state index is 12.7. The molecule has 0 saturated heterocycles. The van der Waals surface area contributed by atoms with E-state index in [9.17, 15) is 9.59 Å². The van der Waals surface area contributed by atoms with Gasteiger partial charge in [0.2, 0.25) is 0 Å². The normalized spacial score (nSPS) is 10.6. The molecule has 1 aromatic heterocycles. The summed E-state index contributed by atoms with van der Waals surface area (Å²) in [4.78, 5) is 25.7. The topological polar surface area (TPSA) is 78.2 Å². The number of rotatable bonds is 4. The van der Waals surface area contributed by atoms with Gasteiger partial charge in [-0.2, -0.15) is 0 Å². The minimum Gasteiger partial charge on any atom is -0.493 e. The summed E-state index contributed by atoms with van der Waals surface area (Å²) in [6, 6.07) is 10.2. The molecule has 0 aliphatic heterocycles. The van der Waals surface area contributed by atoms with Crippen LogP contribution in [0.25, 0.3) is 22.1 Å². The molecule has 7 heteroatoms. The Morgan fingerprint density at radius 2 is 1.71 bits per heavy atom. The molecule has 0 atom stereocenters. The Balaban J connectivity index is 2.11. The van der Waals surface area contributed by atoms with Crippen molar-refractivity contribution >= 4 is 17.1 Å². The van der Waals surface area contributed by atoms with Gasteiger partial charge in [-0.15, -0.1) is 0 Å². The maximum absolute atomic E-state index is 12.7. The van der Waals surface area contributed by atoms with Crippen LogP contribution in [0, 0.1) is 6.92 Å². The highest BCUT2D eigenvalue weighted by Gasteiger charge is 2.17. The van der Waals surface area contributed by atoms with E-state index in [1.54, 1.807) is 51.5 Å². The zero-order chi connectivity index (χ0) is 20.4. The van der Waals surface area contributed by atoms with E-state index in [0.29, 0.717) is 34.0 Å². The second-order valence-electron chi connectivity index (χ2n) is 6.38. The Morgan fingerprint density at radius 3 is 2.36 bits per heavy atom. The molecule has 3 rings (SSSR count). The summed E-state index contributed by atoms with van der Waals surface area (Å²) < 4.78 is 21.3. The number of ether oxygens (including phenoxy) is 3. The standard InChI is InChI=1S/C21H21NO6/c1-12-15-8-7-14(27-21(24)22(2)3)11-17(15)28-20(23)19(12)13-6-9-16(25-4)18(10-13)26-5/h6-11H,1-5H3. The van der Waals surface area contributed by atoms with Gasteiger partial charge >= 0.3 is 11.7 Å². The van der Waals surface area contributed by atoms with Crippen LogP contribution in [-0.4, -0.2) is 39.3 Å². The molecule has 0 radical (unpaired) electrons. The fraction of sp³-hybridized carbons (Fsp3) is 0.238. The van der Waals surface area contributed by atoms with Gasteiger partial charge in [0.25, 0.3) is 0 Å².